The number of hydrogen-bond donors (Lipinski definition) is 2. The average Bonchev–Trinajstić information content (AvgIpc) is 3.21. The van der Waals surface area contributed by atoms with Crippen LogP contribution in [0.25, 0.3) is 0 Å². The van der Waals surface area contributed by atoms with Crippen LogP contribution in [0.4, 0.5) is 0 Å². The van der Waals surface area contributed by atoms with Gasteiger partial charge in [0.25, 0.3) is 0 Å². The maximum absolute atomic E-state index is 12.4. The second-order valence-corrected chi connectivity index (χ2v) is 7.83. The summed E-state index contributed by atoms with van der Waals surface area (Å²) in [5, 5.41) is 3.22. The number of benzene rings is 1. The van der Waals surface area contributed by atoms with Gasteiger partial charge in [0.2, 0.25) is 10.0 Å². The van der Waals surface area contributed by atoms with E-state index >= 15 is 0 Å². The Bertz CT molecular complexity index is 583. The second kappa shape index (κ2) is 6.56. The third kappa shape index (κ3) is 4.04. The summed E-state index contributed by atoms with van der Waals surface area (Å²) in [4.78, 5) is 0.339. The summed E-state index contributed by atoms with van der Waals surface area (Å²) >= 11 is 3.40. The topological polar surface area (TPSA) is 58.2 Å². The quantitative estimate of drug-likeness (QED) is 0.785. The zero-order chi connectivity index (χ0) is 14.8. The number of aryl methyl sites for hydroxylation is 1. The van der Waals surface area contributed by atoms with Crippen LogP contribution in [0.5, 0.6) is 0 Å². The van der Waals surface area contributed by atoms with E-state index in [0.29, 0.717) is 28.4 Å². The summed E-state index contributed by atoms with van der Waals surface area (Å²) in [5.41, 5.74) is 1.92. The van der Waals surface area contributed by atoms with Crippen molar-refractivity contribution in [3.8, 4) is 0 Å². The van der Waals surface area contributed by atoms with Crippen molar-refractivity contribution in [1.82, 2.24) is 10.0 Å². The first-order chi connectivity index (χ1) is 9.44. The van der Waals surface area contributed by atoms with E-state index in [-0.39, 0.29) is 0 Å². The highest BCUT2D eigenvalue weighted by Gasteiger charge is 2.26. The van der Waals surface area contributed by atoms with E-state index < -0.39 is 10.0 Å². The van der Waals surface area contributed by atoms with Crippen molar-refractivity contribution in [2.45, 2.75) is 38.1 Å². The third-order valence-corrected chi connectivity index (χ3v) is 6.17. The van der Waals surface area contributed by atoms with E-state index in [1.807, 2.05) is 19.9 Å². The predicted octanol–water partition coefficient (Wildman–Crippen LogP) is 2.56. The summed E-state index contributed by atoms with van der Waals surface area (Å²) in [6.07, 6.45) is 2.26. The maximum atomic E-state index is 12.4. The van der Waals surface area contributed by atoms with Crippen molar-refractivity contribution < 1.29 is 8.42 Å². The van der Waals surface area contributed by atoms with Gasteiger partial charge in [0.15, 0.2) is 0 Å². The van der Waals surface area contributed by atoms with Crippen LogP contribution < -0.4 is 10.0 Å². The van der Waals surface area contributed by atoms with Crippen molar-refractivity contribution in [2.75, 3.05) is 13.1 Å². The van der Waals surface area contributed by atoms with E-state index in [1.54, 1.807) is 6.07 Å². The van der Waals surface area contributed by atoms with E-state index in [2.05, 4.69) is 26.0 Å². The van der Waals surface area contributed by atoms with Crippen LogP contribution in [0.3, 0.4) is 0 Å². The van der Waals surface area contributed by atoms with Gasteiger partial charge >= 0.3 is 0 Å². The first-order valence-electron chi connectivity index (χ1n) is 6.93. The smallest absolute Gasteiger partial charge is 0.241 e. The lowest BCUT2D eigenvalue weighted by Crippen LogP contribution is -2.26. The van der Waals surface area contributed by atoms with E-state index in [0.717, 1.165) is 30.5 Å². The molecule has 2 N–H and O–H groups in total. The second-order valence-electron chi connectivity index (χ2n) is 5.30. The fraction of sp³-hybridized carbons (Fsp3) is 0.571. The van der Waals surface area contributed by atoms with Crippen LogP contribution in [-0.4, -0.2) is 21.5 Å². The highest BCUT2D eigenvalue weighted by molar-refractivity contribution is 9.10. The molecule has 1 fully saturated rings. The Kier molecular flexibility index (Phi) is 5.23. The molecule has 0 radical (unpaired) electrons. The molecule has 0 aromatic heterocycles. The molecule has 6 heteroatoms. The summed E-state index contributed by atoms with van der Waals surface area (Å²) in [5.74, 6) is 0.523. The SMILES string of the molecule is CCNCc1cc(C)c(Br)c(S(=O)(=O)NCC2CC2)c1. The van der Waals surface area contributed by atoms with Gasteiger partial charge in [-0.15, -0.1) is 0 Å². The minimum absolute atomic E-state index is 0.339. The van der Waals surface area contributed by atoms with Gasteiger partial charge in [-0.2, -0.15) is 0 Å². The van der Waals surface area contributed by atoms with Crippen molar-refractivity contribution in [3.05, 3.63) is 27.7 Å². The van der Waals surface area contributed by atoms with Crippen LogP contribution in [0.2, 0.25) is 0 Å². The molecule has 0 spiro atoms. The Morgan fingerprint density at radius 1 is 1.35 bits per heavy atom. The first kappa shape index (κ1) is 15.9. The number of sulfonamides is 1. The molecule has 0 unspecified atom stereocenters. The minimum atomic E-state index is -3.44. The Morgan fingerprint density at radius 2 is 2.05 bits per heavy atom. The predicted molar refractivity (Wildman–Crippen MR) is 84.2 cm³/mol. The highest BCUT2D eigenvalue weighted by Crippen LogP contribution is 2.30. The van der Waals surface area contributed by atoms with Crippen LogP contribution in [0.15, 0.2) is 21.5 Å². The zero-order valence-electron chi connectivity index (χ0n) is 11.9. The molecule has 0 saturated heterocycles. The van der Waals surface area contributed by atoms with E-state index in [1.165, 1.54) is 0 Å². The fourth-order valence-corrected chi connectivity index (χ4v) is 4.19. The number of nitrogens with one attached hydrogen (secondary N) is 2. The molecule has 0 amide bonds. The van der Waals surface area contributed by atoms with Gasteiger partial charge in [0.1, 0.15) is 0 Å². The number of hydrogen-bond acceptors (Lipinski definition) is 3. The number of halogens is 1. The van der Waals surface area contributed by atoms with Crippen molar-refractivity contribution in [2.24, 2.45) is 5.92 Å². The molecule has 1 saturated carbocycles. The lowest BCUT2D eigenvalue weighted by atomic mass is 10.1. The molecule has 4 nitrogen and oxygen atoms in total. The van der Waals surface area contributed by atoms with E-state index in [4.69, 9.17) is 0 Å². The Balaban J connectivity index is 2.25. The van der Waals surface area contributed by atoms with Crippen molar-refractivity contribution >= 4 is 26.0 Å². The van der Waals surface area contributed by atoms with Crippen LogP contribution in [0, 0.1) is 12.8 Å². The molecular formula is C14H21BrN2O2S. The van der Waals surface area contributed by atoms with Gasteiger partial charge in [0.05, 0.1) is 4.90 Å². The Labute approximate surface area is 129 Å². The molecule has 1 aliphatic rings. The third-order valence-electron chi connectivity index (χ3n) is 3.41. The van der Waals surface area contributed by atoms with Crippen LogP contribution in [-0.2, 0) is 16.6 Å². The molecule has 0 heterocycles. The standard InChI is InChI=1S/C14H21BrN2O2S/c1-3-16-8-12-6-10(2)14(15)13(7-12)20(18,19)17-9-11-4-5-11/h6-7,11,16-17H,3-5,8-9H2,1-2H3. The molecule has 0 atom stereocenters. The highest BCUT2D eigenvalue weighted by atomic mass is 79.9. The summed E-state index contributed by atoms with van der Waals surface area (Å²) in [7, 11) is -3.44. The number of rotatable bonds is 7. The summed E-state index contributed by atoms with van der Waals surface area (Å²) in [6.45, 7) is 6.03. The van der Waals surface area contributed by atoms with Gasteiger partial charge in [-0.3, -0.25) is 0 Å². The molecule has 1 aliphatic carbocycles. The van der Waals surface area contributed by atoms with Gasteiger partial charge in [-0.1, -0.05) is 13.0 Å². The molecule has 0 aliphatic heterocycles. The first-order valence-corrected chi connectivity index (χ1v) is 9.21. The normalized spacial score (nSPS) is 15.6. The molecule has 20 heavy (non-hydrogen) atoms. The van der Waals surface area contributed by atoms with Gasteiger partial charge in [-0.25, -0.2) is 13.1 Å². The lowest BCUT2D eigenvalue weighted by molar-refractivity contribution is 0.576. The van der Waals surface area contributed by atoms with Gasteiger partial charge in [0, 0.05) is 17.6 Å². The van der Waals surface area contributed by atoms with Gasteiger partial charge < -0.3 is 5.32 Å². The minimum Gasteiger partial charge on any atom is -0.313 e. The van der Waals surface area contributed by atoms with Crippen LogP contribution >= 0.6 is 15.9 Å². The monoisotopic (exact) mass is 360 g/mol. The van der Waals surface area contributed by atoms with Crippen LogP contribution in [0.1, 0.15) is 30.9 Å². The Morgan fingerprint density at radius 3 is 2.65 bits per heavy atom. The van der Waals surface area contributed by atoms with Crippen molar-refractivity contribution in [3.63, 3.8) is 0 Å². The fourth-order valence-electron chi connectivity index (χ4n) is 2.00. The molecule has 0 bridgehead atoms. The Hall–Kier alpha value is -0.430. The molecule has 2 rings (SSSR count). The molecule has 1 aromatic rings. The van der Waals surface area contributed by atoms with Gasteiger partial charge in [-0.05, 0) is 65.4 Å². The van der Waals surface area contributed by atoms with Crippen molar-refractivity contribution in [1.29, 1.82) is 0 Å². The maximum Gasteiger partial charge on any atom is 0.241 e. The van der Waals surface area contributed by atoms with E-state index in [9.17, 15) is 8.42 Å². The summed E-state index contributed by atoms with van der Waals surface area (Å²) in [6, 6.07) is 3.75. The molecule has 112 valence electrons. The summed E-state index contributed by atoms with van der Waals surface area (Å²) < 4.78 is 28.2. The lowest BCUT2D eigenvalue weighted by Gasteiger charge is -2.13. The molecular weight excluding hydrogens is 340 g/mol. The zero-order valence-corrected chi connectivity index (χ0v) is 14.3. The largest absolute Gasteiger partial charge is 0.313 e. The molecule has 1 aromatic carbocycles. The average molecular weight is 361 g/mol.